The van der Waals surface area contributed by atoms with Crippen LogP contribution >= 0.6 is 11.6 Å². The van der Waals surface area contributed by atoms with E-state index in [0.29, 0.717) is 29.7 Å². The lowest BCUT2D eigenvalue weighted by Gasteiger charge is -2.07. The van der Waals surface area contributed by atoms with Gasteiger partial charge in [0.2, 0.25) is 0 Å². The lowest BCUT2D eigenvalue weighted by Crippen LogP contribution is -2.19. The molecule has 0 amide bonds. The van der Waals surface area contributed by atoms with Crippen molar-refractivity contribution in [1.82, 2.24) is 20.3 Å². The average Bonchev–Trinajstić information content (AvgIpc) is 2.43. The second-order valence-corrected chi connectivity index (χ2v) is 4.73. The number of hydrogen-bond donors (Lipinski definition) is 1. The molecule has 0 fully saturated rings. The monoisotopic (exact) mass is 292 g/mol. The summed E-state index contributed by atoms with van der Waals surface area (Å²) < 4.78 is 4.99. The summed E-state index contributed by atoms with van der Waals surface area (Å²) in [6, 6.07) is 5.51. The van der Waals surface area contributed by atoms with Gasteiger partial charge in [0.25, 0.3) is 0 Å². The molecule has 0 aromatic carbocycles. The summed E-state index contributed by atoms with van der Waals surface area (Å²) in [4.78, 5) is 13.1. The third kappa shape index (κ3) is 3.96. The first-order chi connectivity index (χ1) is 9.70. The van der Waals surface area contributed by atoms with Crippen molar-refractivity contribution < 1.29 is 4.74 Å². The molecule has 2 aromatic heterocycles. The first-order valence-corrected chi connectivity index (χ1v) is 6.73. The van der Waals surface area contributed by atoms with Crippen LogP contribution in [0.1, 0.15) is 11.4 Å². The first-order valence-electron chi connectivity index (χ1n) is 6.36. The van der Waals surface area contributed by atoms with E-state index in [-0.39, 0.29) is 0 Å². The van der Waals surface area contributed by atoms with Crippen molar-refractivity contribution in [2.45, 2.75) is 13.5 Å². The molecular weight excluding hydrogens is 276 g/mol. The van der Waals surface area contributed by atoms with E-state index in [0.717, 1.165) is 17.9 Å². The van der Waals surface area contributed by atoms with E-state index >= 15 is 0 Å². The Hall–Kier alpha value is -1.56. The first kappa shape index (κ1) is 14.8. The second kappa shape index (κ2) is 7.28. The molecule has 0 unspecified atom stereocenters. The highest BCUT2D eigenvalue weighted by Gasteiger charge is 2.09. The fourth-order valence-electron chi connectivity index (χ4n) is 1.77. The van der Waals surface area contributed by atoms with Gasteiger partial charge in [0.05, 0.1) is 17.3 Å². The molecule has 6 heteroatoms. The maximum absolute atomic E-state index is 6.13. The molecule has 5 nitrogen and oxygen atoms in total. The lowest BCUT2D eigenvalue weighted by atomic mass is 10.3. The molecule has 0 bridgehead atoms. The summed E-state index contributed by atoms with van der Waals surface area (Å²) >= 11 is 6.13. The van der Waals surface area contributed by atoms with Gasteiger partial charge in [0.1, 0.15) is 5.69 Å². The SMILES string of the molecule is COCCNCc1cc(C)nc(-c2ncccc2Cl)n1. The Kier molecular flexibility index (Phi) is 5.40. The largest absolute Gasteiger partial charge is 0.383 e. The minimum absolute atomic E-state index is 0.552. The summed E-state index contributed by atoms with van der Waals surface area (Å²) in [5, 5.41) is 3.81. The minimum atomic E-state index is 0.552. The normalized spacial score (nSPS) is 10.8. The number of nitrogens with one attached hydrogen (secondary N) is 1. The van der Waals surface area contributed by atoms with Crippen molar-refractivity contribution in [2.75, 3.05) is 20.3 Å². The van der Waals surface area contributed by atoms with Crippen molar-refractivity contribution >= 4 is 11.6 Å². The summed E-state index contributed by atoms with van der Waals surface area (Å²) in [5.74, 6) is 0.555. The topological polar surface area (TPSA) is 59.9 Å². The van der Waals surface area contributed by atoms with Crippen molar-refractivity contribution in [3.8, 4) is 11.5 Å². The molecule has 0 aliphatic heterocycles. The van der Waals surface area contributed by atoms with Gasteiger partial charge in [-0.2, -0.15) is 0 Å². The van der Waals surface area contributed by atoms with Crippen LogP contribution in [0.2, 0.25) is 5.02 Å². The number of methoxy groups -OCH3 is 1. The van der Waals surface area contributed by atoms with Gasteiger partial charge in [-0.15, -0.1) is 0 Å². The van der Waals surface area contributed by atoms with Gasteiger partial charge >= 0.3 is 0 Å². The van der Waals surface area contributed by atoms with E-state index in [9.17, 15) is 0 Å². The quantitative estimate of drug-likeness (QED) is 0.828. The van der Waals surface area contributed by atoms with E-state index < -0.39 is 0 Å². The Labute approximate surface area is 123 Å². The maximum Gasteiger partial charge on any atom is 0.180 e. The van der Waals surface area contributed by atoms with Crippen molar-refractivity contribution in [3.05, 3.63) is 40.8 Å². The molecule has 0 aliphatic carbocycles. The van der Waals surface area contributed by atoms with Crippen molar-refractivity contribution in [1.29, 1.82) is 0 Å². The van der Waals surface area contributed by atoms with Gasteiger partial charge in [-0.05, 0) is 25.1 Å². The van der Waals surface area contributed by atoms with Crippen LogP contribution in [0.15, 0.2) is 24.4 Å². The Morgan fingerprint density at radius 1 is 1.35 bits per heavy atom. The standard InChI is InChI=1S/C14H17ClN4O/c1-10-8-11(9-16-6-7-20-2)19-14(18-10)13-12(15)4-3-5-17-13/h3-5,8,16H,6-7,9H2,1-2H3. The Morgan fingerprint density at radius 2 is 2.20 bits per heavy atom. The smallest absolute Gasteiger partial charge is 0.180 e. The number of hydrogen-bond acceptors (Lipinski definition) is 5. The second-order valence-electron chi connectivity index (χ2n) is 4.33. The molecular formula is C14H17ClN4O. The fraction of sp³-hybridized carbons (Fsp3) is 0.357. The highest BCUT2D eigenvalue weighted by molar-refractivity contribution is 6.32. The van der Waals surface area contributed by atoms with Crippen LogP contribution in [0.3, 0.4) is 0 Å². The third-order valence-electron chi connectivity index (χ3n) is 2.67. The van der Waals surface area contributed by atoms with Gasteiger partial charge in [0, 0.05) is 32.1 Å². The molecule has 0 atom stereocenters. The van der Waals surface area contributed by atoms with Crippen LogP contribution < -0.4 is 5.32 Å². The predicted octanol–water partition coefficient (Wildman–Crippen LogP) is 2.24. The van der Waals surface area contributed by atoms with Gasteiger partial charge in [0.15, 0.2) is 5.82 Å². The molecule has 0 saturated carbocycles. The fourth-order valence-corrected chi connectivity index (χ4v) is 1.98. The molecule has 0 radical (unpaired) electrons. The number of aryl methyl sites for hydroxylation is 1. The number of ether oxygens (including phenoxy) is 1. The van der Waals surface area contributed by atoms with Crippen LogP contribution in [0.5, 0.6) is 0 Å². The van der Waals surface area contributed by atoms with Gasteiger partial charge < -0.3 is 10.1 Å². The van der Waals surface area contributed by atoms with Crippen LogP contribution in [-0.2, 0) is 11.3 Å². The zero-order valence-electron chi connectivity index (χ0n) is 11.6. The minimum Gasteiger partial charge on any atom is -0.383 e. The predicted molar refractivity (Wildman–Crippen MR) is 78.6 cm³/mol. The Morgan fingerprint density at radius 3 is 2.95 bits per heavy atom. The van der Waals surface area contributed by atoms with Gasteiger partial charge in [-0.3, -0.25) is 4.98 Å². The van der Waals surface area contributed by atoms with E-state index in [1.165, 1.54) is 0 Å². The molecule has 0 aliphatic rings. The lowest BCUT2D eigenvalue weighted by molar-refractivity contribution is 0.199. The number of rotatable bonds is 6. The summed E-state index contributed by atoms with van der Waals surface area (Å²) in [6.45, 7) is 4.03. The maximum atomic E-state index is 6.13. The van der Waals surface area contributed by atoms with Gasteiger partial charge in [-0.25, -0.2) is 9.97 Å². The van der Waals surface area contributed by atoms with E-state index in [4.69, 9.17) is 16.3 Å². The van der Waals surface area contributed by atoms with Crippen LogP contribution in [0.25, 0.3) is 11.5 Å². The van der Waals surface area contributed by atoms with Crippen molar-refractivity contribution in [3.63, 3.8) is 0 Å². The average molecular weight is 293 g/mol. The van der Waals surface area contributed by atoms with Crippen molar-refractivity contribution in [2.24, 2.45) is 0 Å². The number of nitrogens with zero attached hydrogens (tertiary/aromatic N) is 3. The molecule has 2 heterocycles. The number of aromatic nitrogens is 3. The number of pyridine rings is 1. The Balaban J connectivity index is 2.18. The molecule has 0 spiro atoms. The molecule has 20 heavy (non-hydrogen) atoms. The molecule has 1 N–H and O–H groups in total. The summed E-state index contributed by atoms with van der Waals surface area (Å²) in [7, 11) is 1.68. The summed E-state index contributed by atoms with van der Waals surface area (Å²) in [5.41, 5.74) is 2.40. The van der Waals surface area contributed by atoms with Crippen LogP contribution in [-0.4, -0.2) is 35.2 Å². The van der Waals surface area contributed by atoms with Crippen LogP contribution in [0, 0.1) is 6.92 Å². The van der Waals surface area contributed by atoms with Crippen LogP contribution in [0.4, 0.5) is 0 Å². The van der Waals surface area contributed by atoms with E-state index in [1.807, 2.05) is 13.0 Å². The molecule has 2 rings (SSSR count). The van der Waals surface area contributed by atoms with Gasteiger partial charge in [-0.1, -0.05) is 11.6 Å². The highest BCUT2D eigenvalue weighted by atomic mass is 35.5. The summed E-state index contributed by atoms with van der Waals surface area (Å²) in [6.07, 6.45) is 1.68. The third-order valence-corrected chi connectivity index (χ3v) is 2.97. The number of halogens is 1. The highest BCUT2D eigenvalue weighted by Crippen LogP contribution is 2.22. The zero-order chi connectivity index (χ0) is 14.4. The van der Waals surface area contributed by atoms with E-state index in [2.05, 4.69) is 20.3 Å². The molecule has 0 saturated heterocycles. The Bertz CT molecular complexity index is 577. The zero-order valence-corrected chi connectivity index (χ0v) is 12.3. The van der Waals surface area contributed by atoms with E-state index in [1.54, 1.807) is 25.4 Å². The molecule has 106 valence electrons. The molecule has 2 aromatic rings.